The molecule has 0 unspecified atom stereocenters. The second-order valence-corrected chi connectivity index (χ2v) is 3.15. The molecule has 2 N–H and O–H groups in total. The van der Waals surface area contributed by atoms with Gasteiger partial charge in [-0.15, -0.1) is 0 Å². The maximum Gasteiger partial charge on any atom is 0.0178 e. The Labute approximate surface area is 67.2 Å². The molecule has 11 heavy (non-hydrogen) atoms. The Morgan fingerprint density at radius 1 is 1.45 bits per heavy atom. The predicted octanol–water partition coefficient (Wildman–Crippen LogP) is 1.82. The van der Waals surface area contributed by atoms with E-state index in [1.165, 1.54) is 24.0 Å². The lowest BCUT2D eigenvalue weighted by atomic mass is 10.1. The standard InChI is InChI=1S/C10H12N/c11-7-8-2-1-3-10(6-8)9-4-5-9/h2-3,6,9H,4-5,7,11H2. The van der Waals surface area contributed by atoms with Gasteiger partial charge in [-0.3, -0.25) is 0 Å². The Morgan fingerprint density at radius 3 is 2.91 bits per heavy atom. The van der Waals surface area contributed by atoms with Crippen molar-refractivity contribution in [2.75, 3.05) is 0 Å². The van der Waals surface area contributed by atoms with E-state index in [-0.39, 0.29) is 0 Å². The van der Waals surface area contributed by atoms with Crippen LogP contribution in [0, 0.1) is 6.07 Å². The third kappa shape index (κ3) is 1.43. The summed E-state index contributed by atoms with van der Waals surface area (Å²) < 4.78 is 0. The van der Waals surface area contributed by atoms with E-state index in [2.05, 4.69) is 18.2 Å². The van der Waals surface area contributed by atoms with E-state index < -0.39 is 0 Å². The summed E-state index contributed by atoms with van der Waals surface area (Å²) in [5.41, 5.74) is 8.15. The van der Waals surface area contributed by atoms with Gasteiger partial charge < -0.3 is 5.73 Å². The van der Waals surface area contributed by atoms with Gasteiger partial charge in [0.05, 0.1) is 0 Å². The minimum atomic E-state index is 0.636. The van der Waals surface area contributed by atoms with Crippen LogP contribution in [0.15, 0.2) is 18.2 Å². The highest BCUT2D eigenvalue weighted by atomic mass is 14.5. The molecule has 0 aromatic heterocycles. The van der Waals surface area contributed by atoms with Gasteiger partial charge in [-0.2, -0.15) is 0 Å². The molecule has 0 saturated heterocycles. The van der Waals surface area contributed by atoms with Crippen LogP contribution in [0.25, 0.3) is 0 Å². The van der Waals surface area contributed by atoms with E-state index >= 15 is 0 Å². The van der Waals surface area contributed by atoms with Crippen molar-refractivity contribution in [1.29, 1.82) is 0 Å². The number of hydrogen-bond acceptors (Lipinski definition) is 1. The summed E-state index contributed by atoms with van der Waals surface area (Å²) in [6, 6.07) is 9.37. The van der Waals surface area contributed by atoms with Crippen LogP contribution in [0.1, 0.15) is 29.9 Å². The maximum atomic E-state index is 5.52. The lowest BCUT2D eigenvalue weighted by Crippen LogP contribution is -1.96. The fraction of sp³-hybridized carbons (Fsp3) is 0.400. The van der Waals surface area contributed by atoms with Gasteiger partial charge in [-0.1, -0.05) is 12.1 Å². The average molecular weight is 146 g/mol. The Bertz CT molecular complexity index is 251. The summed E-state index contributed by atoms with van der Waals surface area (Å²) in [6.45, 7) is 0.636. The van der Waals surface area contributed by atoms with Crippen molar-refractivity contribution in [3.63, 3.8) is 0 Å². The van der Waals surface area contributed by atoms with Crippen molar-refractivity contribution in [1.82, 2.24) is 0 Å². The van der Waals surface area contributed by atoms with Crippen molar-refractivity contribution in [3.8, 4) is 0 Å². The first-order valence-electron chi connectivity index (χ1n) is 4.10. The molecule has 0 heterocycles. The Morgan fingerprint density at radius 2 is 2.27 bits per heavy atom. The molecule has 1 heteroatoms. The number of benzene rings is 1. The van der Waals surface area contributed by atoms with Crippen LogP contribution >= 0.6 is 0 Å². The first kappa shape index (κ1) is 6.86. The molecule has 57 valence electrons. The van der Waals surface area contributed by atoms with Crippen LogP contribution in [0.2, 0.25) is 0 Å². The molecule has 1 saturated carbocycles. The summed E-state index contributed by atoms with van der Waals surface area (Å²) in [6.07, 6.45) is 2.70. The Balaban J connectivity index is 2.26. The lowest BCUT2D eigenvalue weighted by molar-refractivity contribution is 1.04. The number of nitrogens with two attached hydrogens (primary N) is 1. The lowest BCUT2D eigenvalue weighted by Gasteiger charge is -1.99. The molecule has 0 aliphatic heterocycles. The van der Waals surface area contributed by atoms with Crippen LogP contribution in [0.3, 0.4) is 0 Å². The van der Waals surface area contributed by atoms with Gasteiger partial charge in [0.15, 0.2) is 0 Å². The monoisotopic (exact) mass is 146 g/mol. The molecule has 0 spiro atoms. The average Bonchev–Trinajstić information content (AvgIpc) is 2.87. The van der Waals surface area contributed by atoms with Crippen molar-refractivity contribution in [2.45, 2.75) is 25.3 Å². The summed E-state index contributed by atoms with van der Waals surface area (Å²) >= 11 is 0. The van der Waals surface area contributed by atoms with Crippen LogP contribution in [0.4, 0.5) is 0 Å². The van der Waals surface area contributed by atoms with Gasteiger partial charge in [-0.05, 0) is 42.0 Å². The normalized spacial score (nSPS) is 16.8. The molecule has 1 nitrogen and oxygen atoms in total. The summed E-state index contributed by atoms with van der Waals surface area (Å²) in [5.74, 6) is 0.817. The van der Waals surface area contributed by atoms with Gasteiger partial charge in [-0.25, -0.2) is 0 Å². The van der Waals surface area contributed by atoms with Gasteiger partial charge in [0.25, 0.3) is 0 Å². The van der Waals surface area contributed by atoms with Crippen LogP contribution in [-0.2, 0) is 6.54 Å². The molecule has 0 amide bonds. The molecule has 1 aromatic rings. The van der Waals surface area contributed by atoms with E-state index in [0.29, 0.717) is 6.54 Å². The molecule has 1 aliphatic carbocycles. The highest BCUT2D eigenvalue weighted by molar-refractivity contribution is 5.28. The van der Waals surface area contributed by atoms with E-state index in [1.54, 1.807) is 0 Å². The highest BCUT2D eigenvalue weighted by Crippen LogP contribution is 2.39. The summed E-state index contributed by atoms with van der Waals surface area (Å²) in [7, 11) is 0. The minimum absolute atomic E-state index is 0.636. The van der Waals surface area contributed by atoms with E-state index in [4.69, 9.17) is 5.73 Å². The number of rotatable bonds is 2. The van der Waals surface area contributed by atoms with E-state index in [1.807, 2.05) is 6.07 Å². The first-order chi connectivity index (χ1) is 5.40. The van der Waals surface area contributed by atoms with Crippen molar-refractivity contribution < 1.29 is 0 Å². The third-order valence-electron chi connectivity index (χ3n) is 2.16. The van der Waals surface area contributed by atoms with Crippen LogP contribution in [0.5, 0.6) is 0 Å². The zero-order valence-electron chi connectivity index (χ0n) is 6.51. The van der Waals surface area contributed by atoms with Gasteiger partial charge >= 0.3 is 0 Å². The van der Waals surface area contributed by atoms with Gasteiger partial charge in [0.2, 0.25) is 0 Å². The van der Waals surface area contributed by atoms with Gasteiger partial charge in [0.1, 0.15) is 0 Å². The quantitative estimate of drug-likeness (QED) is 0.676. The van der Waals surface area contributed by atoms with E-state index in [0.717, 1.165) is 5.92 Å². The molecular formula is C10H12N. The molecule has 0 bridgehead atoms. The van der Waals surface area contributed by atoms with Crippen molar-refractivity contribution in [3.05, 3.63) is 35.4 Å². The largest absolute Gasteiger partial charge is 0.326 e. The SMILES string of the molecule is NCc1c[c]cc(C2CC2)c1. The smallest absolute Gasteiger partial charge is 0.0178 e. The fourth-order valence-corrected chi connectivity index (χ4v) is 1.31. The molecule has 1 aliphatic rings. The molecule has 1 aromatic carbocycles. The molecular weight excluding hydrogens is 134 g/mol. The second-order valence-electron chi connectivity index (χ2n) is 3.15. The fourth-order valence-electron chi connectivity index (χ4n) is 1.31. The second kappa shape index (κ2) is 2.67. The maximum absolute atomic E-state index is 5.52. The molecule has 1 radical (unpaired) electrons. The Hall–Kier alpha value is -0.820. The zero-order chi connectivity index (χ0) is 7.68. The molecule has 1 fully saturated rings. The first-order valence-corrected chi connectivity index (χ1v) is 4.10. The minimum Gasteiger partial charge on any atom is -0.326 e. The van der Waals surface area contributed by atoms with Crippen LogP contribution < -0.4 is 5.73 Å². The summed E-state index contributed by atoms with van der Waals surface area (Å²) in [5, 5.41) is 0. The van der Waals surface area contributed by atoms with Gasteiger partial charge in [0, 0.05) is 6.54 Å². The zero-order valence-corrected chi connectivity index (χ0v) is 6.51. The molecule has 2 rings (SSSR count). The predicted molar refractivity (Wildman–Crippen MR) is 45.1 cm³/mol. The van der Waals surface area contributed by atoms with Crippen molar-refractivity contribution in [2.24, 2.45) is 5.73 Å². The van der Waals surface area contributed by atoms with E-state index in [9.17, 15) is 0 Å². The van der Waals surface area contributed by atoms with Crippen LogP contribution in [-0.4, -0.2) is 0 Å². The Kier molecular flexibility index (Phi) is 1.66. The topological polar surface area (TPSA) is 26.0 Å². The number of hydrogen-bond donors (Lipinski definition) is 1. The summed E-state index contributed by atoms with van der Waals surface area (Å²) in [4.78, 5) is 0. The third-order valence-corrected chi connectivity index (χ3v) is 2.16. The highest BCUT2D eigenvalue weighted by Gasteiger charge is 2.23. The van der Waals surface area contributed by atoms with Crippen molar-refractivity contribution >= 4 is 0 Å². The molecule has 0 atom stereocenters.